The maximum atomic E-state index is 12.0. The Morgan fingerprint density at radius 2 is 1.41 bits per heavy atom. The van der Waals surface area contributed by atoms with Crippen LogP contribution in [-0.4, -0.2) is 61.9 Å². The molecule has 6 nitrogen and oxygen atoms in total. The molecule has 0 aliphatic rings. The van der Waals surface area contributed by atoms with E-state index in [1.807, 2.05) is 21.1 Å². The van der Waals surface area contributed by atoms with Gasteiger partial charge in [-0.25, -0.2) is 0 Å². The zero-order valence-electron chi connectivity index (χ0n) is 18.9. The summed E-state index contributed by atoms with van der Waals surface area (Å²) in [5.41, 5.74) is 0. The highest BCUT2D eigenvalue weighted by Crippen LogP contribution is 2.11. The molecule has 170 valence electrons. The molecule has 29 heavy (non-hydrogen) atoms. The van der Waals surface area contributed by atoms with Crippen LogP contribution in [0.4, 0.5) is 0 Å². The molecule has 0 radical (unpaired) electrons. The highest BCUT2D eigenvalue weighted by atomic mass is 16.5. The zero-order chi connectivity index (χ0) is 22.0. The number of rotatable bonds is 19. The van der Waals surface area contributed by atoms with Crippen molar-refractivity contribution in [3.63, 3.8) is 0 Å². The molecular formula is C23H43NO5. The van der Waals surface area contributed by atoms with Gasteiger partial charge in [0.1, 0.15) is 6.54 Å². The highest BCUT2D eigenvalue weighted by Gasteiger charge is 2.22. The average Bonchev–Trinajstić information content (AvgIpc) is 2.60. The van der Waals surface area contributed by atoms with Gasteiger partial charge in [0.15, 0.2) is 6.10 Å². The predicted molar refractivity (Wildman–Crippen MR) is 114 cm³/mol. The number of hydrogen-bond acceptors (Lipinski definition) is 5. The van der Waals surface area contributed by atoms with E-state index in [2.05, 4.69) is 12.2 Å². The number of carbonyl (C=O) groups excluding carboxylic acids is 2. The van der Waals surface area contributed by atoms with Gasteiger partial charge >= 0.3 is 5.97 Å². The van der Waals surface area contributed by atoms with Crippen LogP contribution >= 0.6 is 0 Å². The van der Waals surface area contributed by atoms with Gasteiger partial charge in [-0.2, -0.15) is 0 Å². The molecule has 6 heteroatoms. The predicted octanol–water partition coefficient (Wildman–Crippen LogP) is 2.97. The summed E-state index contributed by atoms with van der Waals surface area (Å²) in [6, 6.07) is 0. The number of aliphatic hydroxyl groups excluding tert-OH is 1. The van der Waals surface area contributed by atoms with E-state index in [9.17, 15) is 14.7 Å². The minimum atomic E-state index is -1.19. The number of carboxylic acid groups (broad SMARTS) is 1. The molecule has 0 aromatic rings. The minimum Gasteiger partial charge on any atom is -0.550 e. The van der Waals surface area contributed by atoms with Crippen LogP contribution in [0.3, 0.4) is 0 Å². The summed E-state index contributed by atoms with van der Waals surface area (Å²) >= 11 is 0. The first-order valence-corrected chi connectivity index (χ1v) is 11.2. The number of allylic oxidation sites excluding steroid dienone is 2. The molecule has 1 N–H and O–H groups in total. The van der Waals surface area contributed by atoms with Gasteiger partial charge in [-0.3, -0.25) is 4.79 Å². The van der Waals surface area contributed by atoms with Crippen LogP contribution in [0.25, 0.3) is 0 Å². The molecular weight excluding hydrogens is 370 g/mol. The lowest BCUT2D eigenvalue weighted by Crippen LogP contribution is -2.45. The van der Waals surface area contributed by atoms with E-state index < -0.39 is 12.1 Å². The normalized spacial score (nSPS) is 13.0. The van der Waals surface area contributed by atoms with E-state index in [4.69, 9.17) is 9.84 Å². The monoisotopic (exact) mass is 413 g/mol. The van der Waals surface area contributed by atoms with Crippen molar-refractivity contribution in [2.45, 2.75) is 89.6 Å². The molecule has 0 saturated heterocycles. The number of likely N-dealkylation sites (N-methyl/N-ethyl adjacent to an activating group) is 1. The molecule has 0 bridgehead atoms. The van der Waals surface area contributed by atoms with Crippen molar-refractivity contribution in [1.82, 2.24) is 0 Å². The van der Waals surface area contributed by atoms with Crippen molar-refractivity contribution in [3.8, 4) is 0 Å². The number of esters is 1. The Morgan fingerprint density at radius 3 is 1.93 bits per heavy atom. The summed E-state index contributed by atoms with van der Waals surface area (Å²) < 4.78 is 5.89. The summed E-state index contributed by atoms with van der Waals surface area (Å²) in [6.07, 6.45) is 15.8. The lowest BCUT2D eigenvalue weighted by Gasteiger charge is -2.29. The number of nitrogens with zero attached hydrogens (tertiary/aromatic N) is 1. The summed E-state index contributed by atoms with van der Waals surface area (Å²) in [4.78, 5) is 22.8. The van der Waals surface area contributed by atoms with E-state index in [1.165, 1.54) is 19.3 Å². The van der Waals surface area contributed by atoms with Crippen molar-refractivity contribution in [2.24, 2.45) is 0 Å². The summed E-state index contributed by atoms with van der Waals surface area (Å²) in [7, 11) is 5.81. The van der Waals surface area contributed by atoms with Gasteiger partial charge in [-0.05, 0) is 38.5 Å². The third-order valence-corrected chi connectivity index (χ3v) is 4.64. The fraction of sp³-hybridized carbons (Fsp3) is 0.826. The molecule has 0 fully saturated rings. The van der Waals surface area contributed by atoms with Crippen LogP contribution in [0.2, 0.25) is 0 Å². The number of carboxylic acids is 1. The molecule has 0 amide bonds. The quantitative estimate of drug-likeness (QED) is 0.152. The third kappa shape index (κ3) is 21.1. The summed E-state index contributed by atoms with van der Waals surface area (Å²) in [5.74, 6) is -1.50. The fourth-order valence-corrected chi connectivity index (χ4v) is 3.21. The summed E-state index contributed by atoms with van der Waals surface area (Å²) in [5, 5.41) is 19.6. The third-order valence-electron chi connectivity index (χ3n) is 4.64. The first-order chi connectivity index (χ1) is 13.7. The van der Waals surface area contributed by atoms with E-state index in [0.717, 1.165) is 51.4 Å². The Balaban J connectivity index is 3.68. The van der Waals surface area contributed by atoms with Crippen LogP contribution in [0, 0.1) is 0 Å². The molecule has 0 aromatic heterocycles. The number of ether oxygens (including phenoxy) is 1. The maximum Gasteiger partial charge on any atom is 0.306 e. The van der Waals surface area contributed by atoms with Crippen LogP contribution in [-0.2, 0) is 14.3 Å². The molecule has 0 aliphatic heterocycles. The molecule has 0 aromatic carbocycles. The number of carbonyl (C=O) groups is 2. The minimum absolute atomic E-state index is 0.253. The van der Waals surface area contributed by atoms with Crippen LogP contribution in [0.15, 0.2) is 12.2 Å². The first-order valence-electron chi connectivity index (χ1n) is 11.2. The molecule has 0 heterocycles. The van der Waals surface area contributed by atoms with Crippen LogP contribution in [0.5, 0.6) is 0 Å². The van der Waals surface area contributed by atoms with Crippen molar-refractivity contribution >= 4 is 11.9 Å². The first kappa shape index (κ1) is 27.6. The molecule has 0 aliphatic carbocycles. The Kier molecular flexibility index (Phi) is 16.6. The van der Waals surface area contributed by atoms with Crippen LogP contribution < -0.4 is 5.11 Å². The molecule has 1 unspecified atom stereocenters. The Bertz CT molecular complexity index is 457. The highest BCUT2D eigenvalue weighted by molar-refractivity contribution is 5.70. The van der Waals surface area contributed by atoms with Crippen molar-refractivity contribution in [2.75, 3.05) is 34.3 Å². The van der Waals surface area contributed by atoms with Gasteiger partial charge in [0.05, 0.1) is 21.1 Å². The van der Waals surface area contributed by atoms with Gasteiger partial charge in [0.25, 0.3) is 0 Å². The van der Waals surface area contributed by atoms with E-state index in [0.29, 0.717) is 24.1 Å². The maximum absolute atomic E-state index is 12.0. The van der Waals surface area contributed by atoms with Crippen LogP contribution in [0.1, 0.15) is 83.5 Å². The second-order valence-electron chi connectivity index (χ2n) is 8.87. The van der Waals surface area contributed by atoms with E-state index in [1.54, 1.807) is 0 Å². The van der Waals surface area contributed by atoms with Gasteiger partial charge in [-0.1, -0.05) is 44.3 Å². The zero-order valence-corrected chi connectivity index (χ0v) is 18.9. The molecule has 1 atom stereocenters. The smallest absolute Gasteiger partial charge is 0.306 e. The SMILES string of the molecule is C[N+](C)(C)CC(CC(=O)[O-])OC(=O)CCCCCCC/C=C\CCCCCCO. The molecule has 0 rings (SSSR count). The van der Waals surface area contributed by atoms with Crippen molar-refractivity contribution in [3.05, 3.63) is 12.2 Å². The van der Waals surface area contributed by atoms with Gasteiger partial charge < -0.3 is 24.2 Å². The van der Waals surface area contributed by atoms with Gasteiger partial charge in [-0.15, -0.1) is 0 Å². The molecule has 0 spiro atoms. The number of aliphatic carboxylic acids is 1. The molecule has 0 saturated carbocycles. The Labute approximate surface area is 177 Å². The number of unbranched alkanes of at least 4 members (excludes halogenated alkanes) is 9. The van der Waals surface area contributed by atoms with Gasteiger partial charge in [0, 0.05) is 25.4 Å². The van der Waals surface area contributed by atoms with E-state index in [-0.39, 0.29) is 12.4 Å². The second-order valence-corrected chi connectivity index (χ2v) is 8.87. The lowest BCUT2D eigenvalue weighted by atomic mass is 10.1. The number of quaternary nitrogens is 1. The fourth-order valence-electron chi connectivity index (χ4n) is 3.21. The van der Waals surface area contributed by atoms with E-state index >= 15 is 0 Å². The Hall–Kier alpha value is -1.40. The van der Waals surface area contributed by atoms with Crippen molar-refractivity contribution in [1.29, 1.82) is 0 Å². The topological polar surface area (TPSA) is 86.7 Å². The number of aliphatic hydroxyl groups is 1. The standard InChI is InChI=1S/C23H43NO5/c1-24(2,3)20-21(19-22(26)27)29-23(28)17-15-13-11-9-7-5-4-6-8-10-12-14-16-18-25/h4,6,21,25H,5,7-20H2,1-3H3/b6-4-. The van der Waals surface area contributed by atoms with Crippen molar-refractivity contribution < 1.29 is 29.0 Å². The average molecular weight is 414 g/mol. The van der Waals surface area contributed by atoms with Gasteiger partial charge in [0.2, 0.25) is 0 Å². The summed E-state index contributed by atoms with van der Waals surface area (Å²) in [6.45, 7) is 0.756. The Morgan fingerprint density at radius 1 is 0.897 bits per heavy atom. The lowest BCUT2D eigenvalue weighted by molar-refractivity contribution is -0.873. The number of hydrogen-bond donors (Lipinski definition) is 1. The largest absolute Gasteiger partial charge is 0.550 e. The second kappa shape index (κ2) is 17.5.